The van der Waals surface area contributed by atoms with Crippen molar-refractivity contribution < 1.29 is 9.59 Å². The Bertz CT molecular complexity index is 817. The Balaban J connectivity index is 1.61. The predicted octanol–water partition coefficient (Wildman–Crippen LogP) is 2.45. The van der Waals surface area contributed by atoms with Crippen molar-refractivity contribution in [2.45, 2.75) is 32.5 Å². The normalized spacial score (nSPS) is 14.6. The van der Waals surface area contributed by atoms with Gasteiger partial charge < -0.3 is 10.2 Å². The van der Waals surface area contributed by atoms with Gasteiger partial charge in [-0.3, -0.25) is 14.5 Å². The maximum absolute atomic E-state index is 13.0. The van der Waals surface area contributed by atoms with Crippen molar-refractivity contribution in [3.8, 4) is 0 Å². The van der Waals surface area contributed by atoms with Crippen molar-refractivity contribution >= 4 is 11.8 Å². The van der Waals surface area contributed by atoms with Crippen LogP contribution >= 0.6 is 0 Å². The van der Waals surface area contributed by atoms with Gasteiger partial charge in [-0.05, 0) is 49.2 Å². The fourth-order valence-electron chi connectivity index (χ4n) is 3.47. The smallest absolute Gasteiger partial charge is 0.251 e. The van der Waals surface area contributed by atoms with E-state index in [9.17, 15) is 9.59 Å². The van der Waals surface area contributed by atoms with Gasteiger partial charge in [0.2, 0.25) is 5.91 Å². The summed E-state index contributed by atoms with van der Waals surface area (Å²) in [5.74, 6) is 0.0674. The molecule has 3 rings (SSSR count). The van der Waals surface area contributed by atoms with E-state index in [0.717, 1.165) is 18.5 Å². The summed E-state index contributed by atoms with van der Waals surface area (Å²) in [6.07, 6.45) is 0.916. The van der Waals surface area contributed by atoms with Crippen LogP contribution in [0.3, 0.4) is 0 Å². The van der Waals surface area contributed by atoms with E-state index in [1.807, 2.05) is 49.2 Å². The molecule has 1 atom stereocenters. The second-order valence-corrected chi connectivity index (χ2v) is 7.15. The van der Waals surface area contributed by atoms with Crippen LogP contribution in [0, 0.1) is 0 Å². The van der Waals surface area contributed by atoms with E-state index in [1.54, 1.807) is 7.05 Å². The van der Waals surface area contributed by atoms with Crippen molar-refractivity contribution in [1.29, 1.82) is 0 Å². The molecule has 1 heterocycles. The van der Waals surface area contributed by atoms with Crippen LogP contribution in [0.4, 0.5) is 0 Å². The van der Waals surface area contributed by atoms with Crippen molar-refractivity contribution in [2.75, 3.05) is 20.6 Å². The third-order valence-electron chi connectivity index (χ3n) is 5.34. The number of hydrogen-bond acceptors (Lipinski definition) is 3. The summed E-state index contributed by atoms with van der Waals surface area (Å²) in [5.41, 5.74) is 4.31. The van der Waals surface area contributed by atoms with Gasteiger partial charge in [0.25, 0.3) is 5.91 Å². The number of rotatable bonds is 5. The minimum absolute atomic E-state index is 0.0937. The number of likely N-dealkylation sites (N-methyl/N-ethyl adjacent to an activating group) is 1. The second-order valence-electron chi connectivity index (χ2n) is 7.15. The first-order valence-corrected chi connectivity index (χ1v) is 9.36. The van der Waals surface area contributed by atoms with E-state index in [-0.39, 0.29) is 17.9 Å². The molecule has 5 nitrogen and oxygen atoms in total. The highest BCUT2D eigenvalue weighted by atomic mass is 16.2. The molecule has 0 fully saturated rings. The Hall–Kier alpha value is -2.66. The van der Waals surface area contributed by atoms with Gasteiger partial charge >= 0.3 is 0 Å². The van der Waals surface area contributed by atoms with E-state index < -0.39 is 0 Å². The molecule has 0 aliphatic carbocycles. The van der Waals surface area contributed by atoms with Gasteiger partial charge in [-0.1, -0.05) is 36.4 Å². The monoisotopic (exact) mass is 365 g/mol. The molecule has 5 heteroatoms. The van der Waals surface area contributed by atoms with E-state index in [2.05, 4.69) is 28.4 Å². The van der Waals surface area contributed by atoms with Crippen molar-refractivity contribution in [3.63, 3.8) is 0 Å². The maximum atomic E-state index is 13.0. The summed E-state index contributed by atoms with van der Waals surface area (Å²) in [7, 11) is 3.59. The van der Waals surface area contributed by atoms with Crippen LogP contribution < -0.4 is 5.32 Å². The number of carbonyl (C=O) groups excluding carboxylic acids is 2. The van der Waals surface area contributed by atoms with Gasteiger partial charge in [-0.25, -0.2) is 0 Å². The average Bonchev–Trinajstić information content (AvgIpc) is 2.72. The summed E-state index contributed by atoms with van der Waals surface area (Å²) in [6.45, 7) is 4.08. The molecule has 2 amide bonds. The standard InChI is InChI=1S/C22H27N3O2/c1-16(22(27)25-13-12-18-6-4-5-7-20(18)15-25)24(3)14-17-8-10-19(11-9-17)21(26)23-2/h4-11,16H,12-15H2,1-3H3,(H,23,26)/t16-/m0/s1. The highest BCUT2D eigenvalue weighted by molar-refractivity contribution is 5.93. The van der Waals surface area contributed by atoms with Crippen molar-refractivity contribution in [2.24, 2.45) is 0 Å². The van der Waals surface area contributed by atoms with E-state index in [4.69, 9.17) is 0 Å². The summed E-state index contributed by atoms with van der Waals surface area (Å²) in [5, 5.41) is 2.62. The molecular weight excluding hydrogens is 338 g/mol. The molecule has 0 aromatic heterocycles. The molecule has 0 radical (unpaired) electrons. The van der Waals surface area contributed by atoms with Crippen molar-refractivity contribution in [3.05, 3.63) is 70.8 Å². The topological polar surface area (TPSA) is 52.7 Å². The van der Waals surface area contributed by atoms with E-state index in [0.29, 0.717) is 18.7 Å². The molecular formula is C22H27N3O2. The van der Waals surface area contributed by atoms with Gasteiger partial charge in [0, 0.05) is 32.2 Å². The summed E-state index contributed by atoms with van der Waals surface area (Å²) in [4.78, 5) is 28.6. The average molecular weight is 365 g/mol. The molecule has 1 N–H and O–H groups in total. The zero-order chi connectivity index (χ0) is 19.4. The summed E-state index contributed by atoms with van der Waals surface area (Å²) >= 11 is 0. The fraction of sp³-hybridized carbons (Fsp3) is 0.364. The lowest BCUT2D eigenvalue weighted by molar-refractivity contribution is -0.137. The number of nitrogens with zero attached hydrogens (tertiary/aromatic N) is 2. The molecule has 0 bridgehead atoms. The highest BCUT2D eigenvalue weighted by Crippen LogP contribution is 2.20. The Kier molecular flexibility index (Phi) is 5.91. The molecule has 1 aliphatic rings. The van der Waals surface area contributed by atoms with Crippen LogP contribution in [0.25, 0.3) is 0 Å². The third-order valence-corrected chi connectivity index (χ3v) is 5.34. The second kappa shape index (κ2) is 8.35. The van der Waals surface area contributed by atoms with Gasteiger partial charge in [0.05, 0.1) is 6.04 Å². The number of carbonyl (C=O) groups is 2. The van der Waals surface area contributed by atoms with Crippen LogP contribution in [0.1, 0.15) is 34.0 Å². The minimum atomic E-state index is -0.200. The number of hydrogen-bond donors (Lipinski definition) is 1. The van der Waals surface area contributed by atoms with Gasteiger partial charge in [0.15, 0.2) is 0 Å². The summed E-state index contributed by atoms with van der Waals surface area (Å²) < 4.78 is 0. The van der Waals surface area contributed by atoms with Crippen LogP contribution in [0.15, 0.2) is 48.5 Å². The molecule has 2 aromatic rings. The van der Waals surface area contributed by atoms with Crippen molar-refractivity contribution in [1.82, 2.24) is 15.1 Å². The molecule has 1 aliphatic heterocycles. The highest BCUT2D eigenvalue weighted by Gasteiger charge is 2.26. The van der Waals surface area contributed by atoms with Crippen LogP contribution in [0.2, 0.25) is 0 Å². The van der Waals surface area contributed by atoms with E-state index >= 15 is 0 Å². The predicted molar refractivity (Wildman–Crippen MR) is 106 cm³/mol. The van der Waals surface area contributed by atoms with Crippen LogP contribution in [0.5, 0.6) is 0 Å². The molecule has 2 aromatic carbocycles. The Labute approximate surface area is 161 Å². The van der Waals surface area contributed by atoms with Gasteiger partial charge in [0.1, 0.15) is 0 Å². The first-order valence-electron chi connectivity index (χ1n) is 9.36. The lowest BCUT2D eigenvalue weighted by Gasteiger charge is -2.33. The number of benzene rings is 2. The molecule has 0 unspecified atom stereocenters. The first-order chi connectivity index (χ1) is 13.0. The lowest BCUT2D eigenvalue weighted by Crippen LogP contribution is -2.47. The molecule has 142 valence electrons. The Morgan fingerprint density at radius 3 is 2.44 bits per heavy atom. The summed E-state index contributed by atoms with van der Waals surface area (Å²) in [6, 6.07) is 15.7. The maximum Gasteiger partial charge on any atom is 0.251 e. The van der Waals surface area contributed by atoms with Gasteiger partial charge in [-0.15, -0.1) is 0 Å². The van der Waals surface area contributed by atoms with Gasteiger partial charge in [-0.2, -0.15) is 0 Å². The molecule has 0 saturated carbocycles. The SMILES string of the molecule is CNC(=O)c1ccc(CN(C)[C@@H](C)C(=O)N2CCc3ccccc3C2)cc1. The molecule has 27 heavy (non-hydrogen) atoms. The zero-order valence-corrected chi connectivity index (χ0v) is 16.2. The van der Waals surface area contributed by atoms with Crippen LogP contribution in [-0.2, 0) is 24.3 Å². The Morgan fingerprint density at radius 2 is 1.78 bits per heavy atom. The molecule has 0 saturated heterocycles. The zero-order valence-electron chi connectivity index (χ0n) is 16.2. The number of nitrogens with one attached hydrogen (secondary N) is 1. The van der Waals surface area contributed by atoms with Crippen LogP contribution in [-0.4, -0.2) is 48.3 Å². The minimum Gasteiger partial charge on any atom is -0.355 e. The van der Waals surface area contributed by atoms with E-state index in [1.165, 1.54) is 11.1 Å². The first kappa shape index (κ1) is 19.1. The Morgan fingerprint density at radius 1 is 1.11 bits per heavy atom. The lowest BCUT2D eigenvalue weighted by atomic mass is 9.99. The molecule has 0 spiro atoms. The number of fused-ring (bicyclic) bond motifs is 1. The third kappa shape index (κ3) is 4.37. The number of amides is 2. The largest absolute Gasteiger partial charge is 0.355 e. The fourth-order valence-corrected chi connectivity index (χ4v) is 3.47. The quantitative estimate of drug-likeness (QED) is 0.886.